The second kappa shape index (κ2) is 10.3. The largest absolute Gasteiger partial charge is 0.481 e. The summed E-state index contributed by atoms with van der Waals surface area (Å²) in [4.78, 5) is 18.7. The number of nitrogens with one attached hydrogen (secondary N) is 1. The number of halogens is 2. The number of piperazine rings is 1. The Morgan fingerprint density at radius 3 is 2.44 bits per heavy atom. The van der Waals surface area contributed by atoms with Crippen molar-refractivity contribution in [2.24, 2.45) is 0 Å². The highest BCUT2D eigenvalue weighted by Crippen LogP contribution is 2.35. The molecule has 9 heteroatoms. The van der Waals surface area contributed by atoms with Crippen LogP contribution in [0.25, 0.3) is 0 Å². The standard InChI is InChI=1S/C23H26Cl2N6O/c1-3-18(32-19-11-7-10-17(24)20(19)25)21-27-22(26-16-8-5-4-6-9-16)29-23(28-21)31-14-12-30(2)13-15-31/h4-11,18H,3,12-15H2,1-2H3,(H,26,27,28,29). The van der Waals surface area contributed by atoms with Crippen molar-refractivity contribution in [1.82, 2.24) is 19.9 Å². The van der Waals surface area contributed by atoms with E-state index in [4.69, 9.17) is 37.9 Å². The summed E-state index contributed by atoms with van der Waals surface area (Å²) < 4.78 is 6.20. The van der Waals surface area contributed by atoms with Crippen molar-refractivity contribution in [3.8, 4) is 5.75 Å². The maximum Gasteiger partial charge on any atom is 0.232 e. The monoisotopic (exact) mass is 472 g/mol. The molecule has 168 valence electrons. The lowest BCUT2D eigenvalue weighted by molar-refractivity contribution is 0.191. The molecule has 0 radical (unpaired) electrons. The van der Waals surface area contributed by atoms with E-state index in [1.807, 2.05) is 43.3 Å². The molecule has 0 spiro atoms. The van der Waals surface area contributed by atoms with Gasteiger partial charge in [-0.1, -0.05) is 54.4 Å². The smallest absolute Gasteiger partial charge is 0.232 e. The van der Waals surface area contributed by atoms with Crippen molar-refractivity contribution in [1.29, 1.82) is 0 Å². The van der Waals surface area contributed by atoms with E-state index in [0.29, 0.717) is 39.9 Å². The summed E-state index contributed by atoms with van der Waals surface area (Å²) in [5.74, 6) is 2.17. The molecule has 1 N–H and O–H groups in total. The van der Waals surface area contributed by atoms with E-state index >= 15 is 0 Å². The van der Waals surface area contributed by atoms with Crippen LogP contribution in [-0.4, -0.2) is 53.1 Å². The highest BCUT2D eigenvalue weighted by atomic mass is 35.5. The van der Waals surface area contributed by atoms with Crippen molar-refractivity contribution in [3.63, 3.8) is 0 Å². The normalized spacial score (nSPS) is 15.4. The number of likely N-dealkylation sites (N-methyl/N-ethyl adjacent to an activating group) is 1. The van der Waals surface area contributed by atoms with Crippen LogP contribution in [0.5, 0.6) is 5.75 Å². The van der Waals surface area contributed by atoms with Gasteiger partial charge in [0.25, 0.3) is 0 Å². The number of hydrogen-bond acceptors (Lipinski definition) is 7. The van der Waals surface area contributed by atoms with E-state index in [-0.39, 0.29) is 0 Å². The van der Waals surface area contributed by atoms with Gasteiger partial charge in [-0.25, -0.2) is 0 Å². The zero-order valence-corrected chi connectivity index (χ0v) is 19.6. The van der Waals surface area contributed by atoms with Crippen molar-refractivity contribution < 1.29 is 4.74 Å². The Balaban J connectivity index is 1.67. The zero-order chi connectivity index (χ0) is 22.5. The van der Waals surface area contributed by atoms with Crippen molar-refractivity contribution in [2.45, 2.75) is 19.4 Å². The van der Waals surface area contributed by atoms with Gasteiger partial charge in [-0.05, 0) is 37.7 Å². The lowest BCUT2D eigenvalue weighted by atomic mass is 10.2. The molecule has 1 unspecified atom stereocenters. The van der Waals surface area contributed by atoms with E-state index in [2.05, 4.69) is 27.1 Å². The lowest BCUT2D eigenvalue weighted by Gasteiger charge is -2.32. The van der Waals surface area contributed by atoms with Crippen LogP contribution in [0.2, 0.25) is 10.0 Å². The first-order chi connectivity index (χ1) is 15.5. The van der Waals surface area contributed by atoms with Crippen LogP contribution in [0, 0.1) is 0 Å². The Hall–Kier alpha value is -2.61. The first-order valence-electron chi connectivity index (χ1n) is 10.7. The van der Waals surface area contributed by atoms with Crippen LogP contribution >= 0.6 is 23.2 Å². The molecule has 1 atom stereocenters. The summed E-state index contributed by atoms with van der Waals surface area (Å²) in [6, 6.07) is 15.2. The first kappa shape index (κ1) is 22.6. The second-order valence-corrected chi connectivity index (χ2v) is 8.45. The molecule has 0 saturated carbocycles. The number of aromatic nitrogens is 3. The van der Waals surface area contributed by atoms with Crippen molar-refractivity contribution >= 4 is 40.8 Å². The Bertz CT molecular complexity index is 1040. The molecular weight excluding hydrogens is 447 g/mol. The minimum atomic E-state index is -0.406. The molecule has 1 saturated heterocycles. The fourth-order valence-corrected chi connectivity index (χ4v) is 3.76. The van der Waals surface area contributed by atoms with Gasteiger partial charge in [0.1, 0.15) is 10.8 Å². The minimum Gasteiger partial charge on any atom is -0.481 e. The first-order valence-corrected chi connectivity index (χ1v) is 11.4. The number of benzene rings is 2. The fourth-order valence-electron chi connectivity index (χ4n) is 3.43. The zero-order valence-electron chi connectivity index (χ0n) is 18.1. The number of nitrogens with zero attached hydrogens (tertiary/aromatic N) is 5. The van der Waals surface area contributed by atoms with E-state index in [9.17, 15) is 0 Å². The van der Waals surface area contributed by atoms with E-state index in [0.717, 1.165) is 31.9 Å². The summed E-state index contributed by atoms with van der Waals surface area (Å²) in [5.41, 5.74) is 0.904. The molecular formula is C23H26Cl2N6O. The van der Waals surface area contributed by atoms with Crippen molar-refractivity contribution in [3.05, 3.63) is 64.4 Å². The molecule has 7 nitrogen and oxygen atoms in total. The predicted octanol–water partition coefficient (Wildman–Crippen LogP) is 5.20. The summed E-state index contributed by atoms with van der Waals surface area (Å²) in [7, 11) is 2.12. The molecule has 1 aromatic heterocycles. The van der Waals surface area contributed by atoms with Gasteiger partial charge in [-0.3, -0.25) is 0 Å². The summed E-state index contributed by atoms with van der Waals surface area (Å²) in [5, 5.41) is 4.12. The summed E-state index contributed by atoms with van der Waals surface area (Å²) in [6.45, 7) is 5.63. The molecule has 3 aromatic rings. The maximum atomic E-state index is 6.35. The predicted molar refractivity (Wildman–Crippen MR) is 129 cm³/mol. The molecule has 2 aromatic carbocycles. The van der Waals surface area contributed by atoms with Gasteiger partial charge in [0.05, 0.1) is 5.02 Å². The molecule has 0 amide bonds. The van der Waals surface area contributed by atoms with Crippen LogP contribution in [0.3, 0.4) is 0 Å². The number of hydrogen-bond donors (Lipinski definition) is 1. The van der Waals surface area contributed by atoms with Gasteiger partial charge in [0.2, 0.25) is 11.9 Å². The molecule has 32 heavy (non-hydrogen) atoms. The maximum absolute atomic E-state index is 6.35. The molecule has 1 fully saturated rings. The number of rotatable bonds is 7. The molecule has 0 aliphatic carbocycles. The van der Waals surface area contributed by atoms with Gasteiger partial charge in [-0.2, -0.15) is 15.0 Å². The third kappa shape index (κ3) is 5.41. The SMILES string of the molecule is CCC(Oc1cccc(Cl)c1Cl)c1nc(Nc2ccccc2)nc(N2CCN(C)CC2)n1. The fraction of sp³-hybridized carbons (Fsp3) is 0.348. The van der Waals surface area contributed by atoms with Gasteiger partial charge >= 0.3 is 0 Å². The molecule has 4 rings (SSSR count). The Labute approximate surface area is 198 Å². The Morgan fingerprint density at radius 2 is 1.72 bits per heavy atom. The number of para-hydroxylation sites is 1. The number of ether oxygens (including phenoxy) is 1. The van der Waals surface area contributed by atoms with Crippen LogP contribution in [0.15, 0.2) is 48.5 Å². The lowest BCUT2D eigenvalue weighted by Crippen LogP contribution is -2.45. The van der Waals surface area contributed by atoms with Gasteiger partial charge < -0.3 is 19.9 Å². The molecule has 1 aliphatic heterocycles. The highest BCUT2D eigenvalue weighted by Gasteiger charge is 2.23. The van der Waals surface area contributed by atoms with Gasteiger partial charge in [0.15, 0.2) is 11.9 Å². The molecule has 1 aliphatic rings. The van der Waals surface area contributed by atoms with E-state index in [1.165, 1.54) is 0 Å². The summed E-state index contributed by atoms with van der Waals surface area (Å²) in [6.07, 6.45) is 0.247. The van der Waals surface area contributed by atoms with Crippen LogP contribution in [0.1, 0.15) is 25.3 Å². The third-order valence-corrected chi connectivity index (χ3v) is 6.10. The van der Waals surface area contributed by atoms with E-state index in [1.54, 1.807) is 12.1 Å². The topological polar surface area (TPSA) is 66.4 Å². The summed E-state index contributed by atoms with van der Waals surface area (Å²) >= 11 is 12.5. The number of anilines is 3. The quantitative estimate of drug-likeness (QED) is 0.506. The average molecular weight is 473 g/mol. The van der Waals surface area contributed by atoms with Crippen molar-refractivity contribution in [2.75, 3.05) is 43.4 Å². The van der Waals surface area contributed by atoms with Crippen LogP contribution < -0.4 is 15.0 Å². The van der Waals surface area contributed by atoms with E-state index < -0.39 is 6.10 Å². The van der Waals surface area contributed by atoms with Gasteiger partial charge in [0, 0.05) is 31.9 Å². The molecule has 0 bridgehead atoms. The highest BCUT2D eigenvalue weighted by molar-refractivity contribution is 6.42. The van der Waals surface area contributed by atoms with Gasteiger partial charge in [-0.15, -0.1) is 0 Å². The Morgan fingerprint density at radius 1 is 0.969 bits per heavy atom. The third-order valence-electron chi connectivity index (χ3n) is 5.30. The second-order valence-electron chi connectivity index (χ2n) is 7.67. The van der Waals surface area contributed by atoms with Crippen LogP contribution in [0.4, 0.5) is 17.6 Å². The molecule has 2 heterocycles. The minimum absolute atomic E-state index is 0.378. The Kier molecular flexibility index (Phi) is 7.29. The van der Waals surface area contributed by atoms with Crippen LogP contribution in [-0.2, 0) is 0 Å². The average Bonchev–Trinajstić information content (AvgIpc) is 2.81.